The van der Waals surface area contributed by atoms with Crippen LogP contribution in [0.1, 0.15) is 37.6 Å². The van der Waals surface area contributed by atoms with Gasteiger partial charge in [-0.15, -0.1) is 0 Å². The summed E-state index contributed by atoms with van der Waals surface area (Å²) in [6.07, 6.45) is 3.62. The Kier molecular flexibility index (Phi) is 3.37. The number of aliphatic hydroxyl groups excluding tert-OH is 1. The number of benzene rings is 1. The van der Waals surface area contributed by atoms with Gasteiger partial charge in [-0.25, -0.2) is 4.98 Å². The molecular weight excluding hydrogens is 268 g/mol. The second kappa shape index (κ2) is 5.07. The molecule has 2 aromatic rings. The molecule has 1 unspecified atom stereocenters. The van der Waals surface area contributed by atoms with E-state index in [4.69, 9.17) is 9.47 Å². The number of rotatable bonds is 3. The molecule has 2 heterocycles. The van der Waals surface area contributed by atoms with Crippen molar-refractivity contribution in [3.8, 4) is 11.5 Å². The van der Waals surface area contributed by atoms with Crippen LogP contribution in [0.3, 0.4) is 0 Å². The molecule has 0 fully saturated rings. The maximum absolute atomic E-state index is 10.2. The van der Waals surface area contributed by atoms with Gasteiger partial charge in [0.2, 0.25) is 0 Å². The van der Waals surface area contributed by atoms with Gasteiger partial charge in [-0.05, 0) is 26.0 Å². The fourth-order valence-electron chi connectivity index (χ4n) is 2.56. The molecule has 112 valence electrons. The lowest BCUT2D eigenvalue weighted by molar-refractivity contribution is 0.0113. The summed E-state index contributed by atoms with van der Waals surface area (Å²) in [6.45, 7) is 4.39. The standard InChI is InChI=1S/C16H20N2O3/c1-16(2)7-14(19)13-5-4-12(6-15(13)21-16)20-9-11-8-17-10-18(11)3/h4-6,8,10,14,19H,7,9H2,1-3H3. The SMILES string of the molecule is Cn1cncc1COc1ccc2c(c1)OC(C)(C)CC2O. The van der Waals surface area contributed by atoms with E-state index in [1.54, 1.807) is 12.5 Å². The molecule has 0 saturated heterocycles. The van der Waals surface area contributed by atoms with Gasteiger partial charge >= 0.3 is 0 Å². The molecule has 3 rings (SSSR count). The molecular formula is C16H20N2O3. The maximum atomic E-state index is 10.2. The normalized spacial score (nSPS) is 19.7. The highest BCUT2D eigenvalue weighted by atomic mass is 16.5. The van der Waals surface area contributed by atoms with Crippen LogP contribution in [0.4, 0.5) is 0 Å². The molecule has 5 nitrogen and oxygen atoms in total. The minimum Gasteiger partial charge on any atom is -0.487 e. The van der Waals surface area contributed by atoms with E-state index in [9.17, 15) is 5.11 Å². The molecule has 1 aromatic carbocycles. The van der Waals surface area contributed by atoms with Gasteiger partial charge < -0.3 is 19.1 Å². The molecule has 1 aliphatic rings. The van der Waals surface area contributed by atoms with Crippen LogP contribution in [0.5, 0.6) is 11.5 Å². The number of nitrogens with zero attached hydrogens (tertiary/aromatic N) is 2. The Balaban J connectivity index is 1.78. The highest BCUT2D eigenvalue weighted by Crippen LogP contribution is 2.41. The minimum absolute atomic E-state index is 0.368. The van der Waals surface area contributed by atoms with Gasteiger partial charge in [0, 0.05) is 25.1 Å². The summed E-state index contributed by atoms with van der Waals surface area (Å²) < 4.78 is 13.6. The summed E-state index contributed by atoms with van der Waals surface area (Å²) in [5.74, 6) is 1.42. The zero-order valence-corrected chi connectivity index (χ0v) is 12.5. The average Bonchev–Trinajstić information content (AvgIpc) is 2.80. The predicted molar refractivity (Wildman–Crippen MR) is 78.3 cm³/mol. The number of hydrogen-bond acceptors (Lipinski definition) is 4. The first kappa shape index (κ1) is 13.9. The fraction of sp³-hybridized carbons (Fsp3) is 0.438. The lowest BCUT2D eigenvalue weighted by atomic mass is 9.92. The van der Waals surface area contributed by atoms with E-state index < -0.39 is 6.10 Å². The van der Waals surface area contributed by atoms with Gasteiger partial charge in [0.25, 0.3) is 0 Å². The Morgan fingerprint density at radius 3 is 3.00 bits per heavy atom. The summed E-state index contributed by atoms with van der Waals surface area (Å²) in [5, 5.41) is 10.2. The van der Waals surface area contributed by atoms with Crippen molar-refractivity contribution in [3.63, 3.8) is 0 Å². The summed E-state index contributed by atoms with van der Waals surface area (Å²) in [4.78, 5) is 4.06. The van der Waals surface area contributed by atoms with Crippen molar-refractivity contribution < 1.29 is 14.6 Å². The largest absolute Gasteiger partial charge is 0.487 e. The van der Waals surface area contributed by atoms with E-state index in [1.807, 2.05) is 43.7 Å². The summed E-state index contributed by atoms with van der Waals surface area (Å²) in [7, 11) is 1.93. The molecule has 0 aliphatic carbocycles. The van der Waals surface area contributed by atoms with Crippen LogP contribution in [0.2, 0.25) is 0 Å². The first-order valence-corrected chi connectivity index (χ1v) is 7.04. The van der Waals surface area contributed by atoms with Gasteiger partial charge in [-0.1, -0.05) is 0 Å². The smallest absolute Gasteiger partial charge is 0.130 e. The third kappa shape index (κ3) is 2.88. The minimum atomic E-state index is -0.491. The molecule has 1 aromatic heterocycles. The van der Waals surface area contributed by atoms with E-state index in [1.165, 1.54) is 0 Å². The second-order valence-electron chi connectivity index (χ2n) is 6.07. The highest BCUT2D eigenvalue weighted by Gasteiger charge is 2.32. The first-order chi connectivity index (χ1) is 9.94. The van der Waals surface area contributed by atoms with Crippen molar-refractivity contribution in [2.24, 2.45) is 7.05 Å². The number of fused-ring (bicyclic) bond motifs is 1. The number of aliphatic hydroxyl groups is 1. The molecule has 0 bridgehead atoms. The lowest BCUT2D eigenvalue weighted by Gasteiger charge is -2.35. The van der Waals surface area contributed by atoms with E-state index in [0.29, 0.717) is 18.8 Å². The van der Waals surface area contributed by atoms with Crippen molar-refractivity contribution in [3.05, 3.63) is 42.0 Å². The average molecular weight is 288 g/mol. The molecule has 1 N–H and O–H groups in total. The van der Waals surface area contributed by atoms with Crippen molar-refractivity contribution >= 4 is 0 Å². The number of imidazole rings is 1. The third-order valence-electron chi connectivity index (χ3n) is 3.72. The number of aryl methyl sites for hydroxylation is 1. The summed E-state index contributed by atoms with van der Waals surface area (Å²) in [6, 6.07) is 5.57. The molecule has 0 radical (unpaired) electrons. The van der Waals surface area contributed by atoms with Crippen LogP contribution in [-0.4, -0.2) is 20.3 Å². The third-order valence-corrected chi connectivity index (χ3v) is 3.72. The Morgan fingerprint density at radius 2 is 2.29 bits per heavy atom. The van der Waals surface area contributed by atoms with E-state index in [0.717, 1.165) is 17.0 Å². The number of hydrogen-bond donors (Lipinski definition) is 1. The molecule has 0 spiro atoms. The van der Waals surface area contributed by atoms with Crippen LogP contribution in [0.15, 0.2) is 30.7 Å². The van der Waals surface area contributed by atoms with Gasteiger partial charge in [-0.3, -0.25) is 0 Å². The molecule has 1 atom stereocenters. The molecule has 0 saturated carbocycles. The Hall–Kier alpha value is -2.01. The van der Waals surface area contributed by atoms with E-state index in [2.05, 4.69) is 4.98 Å². The molecule has 0 amide bonds. The maximum Gasteiger partial charge on any atom is 0.130 e. The Morgan fingerprint density at radius 1 is 1.48 bits per heavy atom. The second-order valence-corrected chi connectivity index (χ2v) is 6.07. The molecule has 5 heteroatoms. The van der Waals surface area contributed by atoms with Gasteiger partial charge in [0.05, 0.1) is 24.3 Å². The number of ether oxygens (including phenoxy) is 2. The Labute approximate surface area is 124 Å². The zero-order valence-electron chi connectivity index (χ0n) is 12.5. The van der Waals surface area contributed by atoms with Crippen LogP contribution in [0, 0.1) is 0 Å². The lowest BCUT2D eigenvalue weighted by Crippen LogP contribution is -2.34. The van der Waals surface area contributed by atoms with Crippen LogP contribution >= 0.6 is 0 Å². The highest BCUT2D eigenvalue weighted by molar-refractivity contribution is 5.43. The van der Waals surface area contributed by atoms with Crippen molar-refractivity contribution in [1.82, 2.24) is 9.55 Å². The van der Waals surface area contributed by atoms with E-state index in [-0.39, 0.29) is 5.60 Å². The van der Waals surface area contributed by atoms with E-state index >= 15 is 0 Å². The number of aromatic nitrogens is 2. The van der Waals surface area contributed by atoms with Gasteiger partial charge in [0.1, 0.15) is 23.7 Å². The Bertz CT molecular complexity index is 649. The summed E-state index contributed by atoms with van der Waals surface area (Å²) >= 11 is 0. The van der Waals surface area contributed by atoms with Crippen molar-refractivity contribution in [2.75, 3.05) is 0 Å². The molecule has 1 aliphatic heterocycles. The topological polar surface area (TPSA) is 56.5 Å². The van der Waals surface area contributed by atoms with Crippen molar-refractivity contribution in [1.29, 1.82) is 0 Å². The summed E-state index contributed by atoms with van der Waals surface area (Å²) in [5.41, 5.74) is 1.45. The zero-order chi connectivity index (χ0) is 15.0. The van der Waals surface area contributed by atoms with Crippen molar-refractivity contribution in [2.45, 2.75) is 38.6 Å². The van der Waals surface area contributed by atoms with Crippen LogP contribution in [0.25, 0.3) is 0 Å². The predicted octanol–water partition coefficient (Wildman–Crippen LogP) is 2.59. The fourth-order valence-corrected chi connectivity index (χ4v) is 2.56. The first-order valence-electron chi connectivity index (χ1n) is 7.04. The van der Waals surface area contributed by atoms with Crippen LogP contribution < -0.4 is 9.47 Å². The monoisotopic (exact) mass is 288 g/mol. The quantitative estimate of drug-likeness (QED) is 0.943. The van der Waals surface area contributed by atoms with Gasteiger partial charge in [-0.2, -0.15) is 0 Å². The van der Waals surface area contributed by atoms with Crippen LogP contribution in [-0.2, 0) is 13.7 Å². The van der Waals surface area contributed by atoms with Gasteiger partial charge in [0.15, 0.2) is 0 Å². The molecule has 21 heavy (non-hydrogen) atoms.